The highest BCUT2D eigenvalue weighted by atomic mass is 19.1. The second-order valence-corrected chi connectivity index (χ2v) is 8.37. The van der Waals surface area contributed by atoms with Gasteiger partial charge in [0.05, 0.1) is 16.9 Å². The lowest BCUT2D eigenvalue weighted by atomic mass is 9.74. The normalized spacial score (nSPS) is 28.0. The quantitative estimate of drug-likeness (QED) is 0.678. The van der Waals surface area contributed by atoms with Crippen LogP contribution in [0.25, 0.3) is 28.1 Å². The number of nitrogens with one attached hydrogen (secondary N) is 1. The van der Waals surface area contributed by atoms with Crippen molar-refractivity contribution in [3.05, 3.63) is 54.0 Å². The minimum absolute atomic E-state index is 0.133. The Morgan fingerprint density at radius 3 is 2.93 bits per heavy atom. The minimum Gasteiger partial charge on any atom is -0.507 e. The summed E-state index contributed by atoms with van der Waals surface area (Å²) in [6.45, 7) is 1.98. The van der Waals surface area contributed by atoms with E-state index >= 15 is 4.39 Å². The molecule has 0 aliphatic carbocycles. The monoisotopic (exact) mass is 390 g/mol. The number of hydrogen-bond acceptors (Lipinski definition) is 5. The highest BCUT2D eigenvalue weighted by Gasteiger charge is 2.45. The van der Waals surface area contributed by atoms with Crippen LogP contribution in [-0.2, 0) is 0 Å². The van der Waals surface area contributed by atoms with E-state index in [1.165, 1.54) is 0 Å². The Bertz CT molecular complexity index is 1100. The Hall–Kier alpha value is -2.86. The number of phenolic OH excluding ortho intramolecular Hbond substituents is 1. The Morgan fingerprint density at radius 2 is 2.10 bits per heavy atom. The lowest BCUT2D eigenvalue weighted by molar-refractivity contribution is 0.0993. The summed E-state index contributed by atoms with van der Waals surface area (Å²) in [7, 11) is 0. The van der Waals surface area contributed by atoms with E-state index in [1.807, 2.05) is 37.3 Å². The van der Waals surface area contributed by atoms with Crippen LogP contribution in [0.3, 0.4) is 0 Å². The molecule has 5 rings (SSSR count). The fourth-order valence-electron chi connectivity index (χ4n) is 4.69. The Morgan fingerprint density at radius 1 is 1.21 bits per heavy atom. The van der Waals surface area contributed by atoms with E-state index < -0.39 is 11.7 Å². The zero-order valence-corrected chi connectivity index (χ0v) is 16.3. The van der Waals surface area contributed by atoms with Gasteiger partial charge in [-0.15, -0.1) is 5.10 Å². The second kappa shape index (κ2) is 6.88. The summed E-state index contributed by atoms with van der Waals surface area (Å²) in [5.41, 5.74) is 2.14. The number of alkyl halides is 1. The fourth-order valence-corrected chi connectivity index (χ4v) is 4.69. The lowest BCUT2D eigenvalue weighted by Crippen LogP contribution is -2.61. The van der Waals surface area contributed by atoms with Crippen LogP contribution in [0.4, 0.5) is 4.39 Å². The molecule has 148 valence electrons. The maximum absolute atomic E-state index is 15.1. The number of phenols is 1. The molecule has 2 fully saturated rings. The Balaban J connectivity index is 1.45. The number of halogens is 1. The van der Waals surface area contributed by atoms with Gasteiger partial charge in [0, 0.05) is 29.4 Å². The molecule has 2 saturated heterocycles. The van der Waals surface area contributed by atoms with Gasteiger partial charge in [0.25, 0.3) is 0 Å². The van der Waals surface area contributed by atoms with Gasteiger partial charge < -0.3 is 10.4 Å². The molecular weight excluding hydrogens is 367 g/mol. The molecule has 4 heterocycles. The van der Waals surface area contributed by atoms with E-state index in [9.17, 15) is 5.11 Å². The van der Waals surface area contributed by atoms with Crippen LogP contribution in [0.2, 0.25) is 0 Å². The second-order valence-electron chi connectivity index (χ2n) is 8.37. The number of pyridine rings is 1. The van der Waals surface area contributed by atoms with Crippen molar-refractivity contribution in [1.82, 2.24) is 20.5 Å². The van der Waals surface area contributed by atoms with Crippen molar-refractivity contribution < 1.29 is 9.50 Å². The molecular formula is C23H23FN4O. The van der Waals surface area contributed by atoms with Crippen LogP contribution in [0, 0.1) is 0 Å². The number of aromatic nitrogens is 3. The largest absolute Gasteiger partial charge is 0.507 e. The van der Waals surface area contributed by atoms with Crippen LogP contribution in [-0.4, -0.2) is 38.0 Å². The maximum Gasteiger partial charge on any atom is 0.139 e. The molecule has 0 saturated carbocycles. The summed E-state index contributed by atoms with van der Waals surface area (Å²) in [5.74, 6) is 0.133. The van der Waals surface area contributed by atoms with Crippen molar-refractivity contribution in [2.75, 3.05) is 0 Å². The van der Waals surface area contributed by atoms with E-state index in [-0.39, 0.29) is 5.75 Å². The van der Waals surface area contributed by atoms with E-state index in [0.717, 1.165) is 35.6 Å². The topological polar surface area (TPSA) is 70.9 Å². The van der Waals surface area contributed by atoms with Crippen LogP contribution in [0.15, 0.2) is 48.3 Å². The highest BCUT2D eigenvalue weighted by molar-refractivity contribution is 5.89. The van der Waals surface area contributed by atoms with Gasteiger partial charge in [0.1, 0.15) is 11.9 Å². The number of rotatable bonds is 2. The third-order valence-corrected chi connectivity index (χ3v) is 6.20. The predicted molar refractivity (Wildman–Crippen MR) is 111 cm³/mol. The minimum atomic E-state index is -1.02. The molecule has 1 unspecified atom stereocenters. The van der Waals surface area contributed by atoms with E-state index in [0.29, 0.717) is 29.4 Å². The molecule has 0 spiro atoms. The van der Waals surface area contributed by atoms with Crippen molar-refractivity contribution >= 4 is 16.8 Å². The fraction of sp³-hybridized carbons (Fsp3) is 0.348. The molecule has 2 aromatic heterocycles. The lowest BCUT2D eigenvalue weighted by Gasteiger charge is -2.47. The van der Waals surface area contributed by atoms with E-state index in [4.69, 9.17) is 0 Å². The van der Waals surface area contributed by atoms with Crippen molar-refractivity contribution in [1.29, 1.82) is 0 Å². The van der Waals surface area contributed by atoms with Crippen molar-refractivity contribution in [2.24, 2.45) is 0 Å². The van der Waals surface area contributed by atoms with Crippen LogP contribution in [0.5, 0.6) is 5.75 Å². The van der Waals surface area contributed by atoms with Gasteiger partial charge in [-0.2, -0.15) is 5.10 Å². The smallest absolute Gasteiger partial charge is 0.139 e. The van der Waals surface area contributed by atoms with Crippen molar-refractivity contribution in [2.45, 2.75) is 50.4 Å². The summed E-state index contributed by atoms with van der Waals surface area (Å²) < 4.78 is 15.1. The number of benzene rings is 1. The van der Waals surface area contributed by atoms with Crippen LogP contribution >= 0.6 is 0 Å². The molecule has 29 heavy (non-hydrogen) atoms. The first kappa shape index (κ1) is 18.2. The summed E-state index contributed by atoms with van der Waals surface area (Å²) in [4.78, 5) is 4.07. The van der Waals surface area contributed by atoms with E-state index in [1.54, 1.807) is 18.5 Å². The van der Waals surface area contributed by atoms with Gasteiger partial charge >= 0.3 is 0 Å². The molecule has 2 N–H and O–H groups in total. The van der Waals surface area contributed by atoms with Crippen molar-refractivity contribution in [3.63, 3.8) is 0 Å². The molecule has 0 radical (unpaired) electrons. The third-order valence-electron chi connectivity index (χ3n) is 6.20. The average Bonchev–Trinajstić information content (AvgIpc) is 2.72. The van der Waals surface area contributed by atoms with Gasteiger partial charge in [-0.3, -0.25) is 4.98 Å². The number of nitrogens with zero attached hydrogens (tertiary/aromatic N) is 3. The zero-order valence-electron chi connectivity index (χ0n) is 16.3. The molecule has 0 amide bonds. The number of fused-ring (bicyclic) bond motifs is 3. The number of aromatic hydroxyl groups is 1. The maximum atomic E-state index is 15.1. The van der Waals surface area contributed by atoms with Gasteiger partial charge in [-0.05, 0) is 80.0 Å². The summed E-state index contributed by atoms with van der Waals surface area (Å²) in [6, 6.07) is 9.43. The molecule has 2 aliphatic rings. The van der Waals surface area contributed by atoms with Crippen LogP contribution in [0.1, 0.15) is 38.3 Å². The van der Waals surface area contributed by atoms with Gasteiger partial charge in [0.2, 0.25) is 0 Å². The first-order valence-corrected chi connectivity index (χ1v) is 10.0. The van der Waals surface area contributed by atoms with E-state index in [2.05, 4.69) is 20.5 Å². The number of hydrogen-bond donors (Lipinski definition) is 2. The molecule has 2 aliphatic heterocycles. The third kappa shape index (κ3) is 3.27. The molecule has 3 atom stereocenters. The predicted octanol–water partition coefficient (Wildman–Crippen LogP) is 4.42. The summed E-state index contributed by atoms with van der Waals surface area (Å²) in [5, 5.41) is 24.2. The Kier molecular flexibility index (Phi) is 4.32. The summed E-state index contributed by atoms with van der Waals surface area (Å²) in [6.07, 6.45) is 7.96. The zero-order chi connectivity index (χ0) is 20.0. The van der Waals surface area contributed by atoms with Gasteiger partial charge in [0.15, 0.2) is 0 Å². The molecule has 1 aromatic carbocycles. The standard InChI is InChI=1S/C23H23FN4O/c1-23-7-2-3-17(26-23)9-15(22(23)24)10-18-4-5-20(28-27-18)19-11-14-6-8-25-13-16(14)12-21(19)29/h4-6,8,10-13,17,22,26,29H,2-3,7,9H2,1H3/b15-10+/t17?,22-,23-/m0/s1. The molecule has 6 heteroatoms. The summed E-state index contributed by atoms with van der Waals surface area (Å²) >= 11 is 0. The first-order chi connectivity index (χ1) is 14.0. The SMILES string of the molecule is C[C@]12CCCC(C/C(=C\c3ccc(-c4cc5ccncc5cc4O)nn3)[C@@H]1F)N2. The first-order valence-electron chi connectivity index (χ1n) is 10.0. The van der Waals surface area contributed by atoms with Gasteiger partial charge in [-0.25, -0.2) is 4.39 Å². The van der Waals surface area contributed by atoms with Gasteiger partial charge in [-0.1, -0.05) is 0 Å². The van der Waals surface area contributed by atoms with Crippen LogP contribution < -0.4 is 5.32 Å². The molecule has 5 nitrogen and oxygen atoms in total. The number of piperidine rings is 2. The Labute approximate surface area is 168 Å². The average molecular weight is 390 g/mol. The molecule has 2 bridgehead atoms. The highest BCUT2D eigenvalue weighted by Crippen LogP contribution is 2.39. The molecule has 3 aromatic rings. The van der Waals surface area contributed by atoms with Crippen molar-refractivity contribution in [3.8, 4) is 17.0 Å².